The maximum atomic E-state index is 11.2. The third-order valence-electron chi connectivity index (χ3n) is 1.64. The minimum Gasteiger partial charge on any atom is -0.481 e. The highest BCUT2D eigenvalue weighted by Crippen LogP contribution is 2.08. The van der Waals surface area contributed by atoms with Gasteiger partial charge in [-0.3, -0.25) is 0 Å². The van der Waals surface area contributed by atoms with Gasteiger partial charge >= 0.3 is 0 Å². The molecule has 0 fully saturated rings. The lowest BCUT2D eigenvalue weighted by atomic mass is 10.4. The molecule has 6 heteroatoms. The van der Waals surface area contributed by atoms with E-state index in [2.05, 4.69) is 9.71 Å². The van der Waals surface area contributed by atoms with Crippen LogP contribution < -0.4 is 9.46 Å². The van der Waals surface area contributed by atoms with Gasteiger partial charge in [-0.05, 0) is 13.1 Å². The Balaban J connectivity index is 2.87. The number of pyridine rings is 1. The predicted octanol–water partition coefficient (Wildman–Crippen LogP) is 0.139. The third kappa shape index (κ3) is 2.97. The zero-order valence-corrected chi connectivity index (χ0v) is 8.84. The Morgan fingerprint density at radius 3 is 2.79 bits per heavy atom. The van der Waals surface area contributed by atoms with Crippen LogP contribution in [0.1, 0.15) is 5.69 Å². The molecular formula is C8H12N2O3S. The van der Waals surface area contributed by atoms with Gasteiger partial charge in [0.25, 0.3) is 0 Å². The Morgan fingerprint density at radius 2 is 2.21 bits per heavy atom. The topological polar surface area (TPSA) is 68.3 Å². The highest BCUT2D eigenvalue weighted by atomic mass is 32.2. The molecule has 0 aromatic carbocycles. The Kier molecular flexibility index (Phi) is 3.43. The van der Waals surface area contributed by atoms with E-state index >= 15 is 0 Å². The van der Waals surface area contributed by atoms with E-state index in [1.54, 1.807) is 18.2 Å². The van der Waals surface area contributed by atoms with Crippen LogP contribution in [0.4, 0.5) is 0 Å². The summed E-state index contributed by atoms with van der Waals surface area (Å²) in [7, 11) is -0.410. The summed E-state index contributed by atoms with van der Waals surface area (Å²) in [6.07, 6.45) is 0. The van der Waals surface area contributed by atoms with Gasteiger partial charge in [0.15, 0.2) is 0 Å². The second-order valence-corrected chi connectivity index (χ2v) is 4.56. The molecule has 78 valence electrons. The van der Waals surface area contributed by atoms with Crippen LogP contribution in [0.25, 0.3) is 0 Å². The number of nitrogens with one attached hydrogen (secondary N) is 1. The maximum Gasteiger partial charge on any atom is 0.217 e. The normalized spacial score (nSPS) is 11.3. The first kappa shape index (κ1) is 10.9. The molecule has 0 aliphatic rings. The van der Waals surface area contributed by atoms with Crippen LogP contribution in [-0.2, 0) is 15.8 Å². The van der Waals surface area contributed by atoms with Gasteiger partial charge in [-0.25, -0.2) is 18.1 Å². The van der Waals surface area contributed by atoms with Crippen molar-refractivity contribution in [1.82, 2.24) is 9.71 Å². The Morgan fingerprint density at radius 1 is 1.50 bits per heavy atom. The van der Waals surface area contributed by atoms with Gasteiger partial charge in [-0.15, -0.1) is 0 Å². The van der Waals surface area contributed by atoms with E-state index in [0.717, 1.165) is 0 Å². The lowest BCUT2D eigenvalue weighted by Gasteiger charge is -2.03. The number of hydrogen-bond acceptors (Lipinski definition) is 4. The van der Waals surface area contributed by atoms with Crippen molar-refractivity contribution in [2.24, 2.45) is 0 Å². The molecule has 0 aliphatic carbocycles. The summed E-state index contributed by atoms with van der Waals surface area (Å²) in [5.74, 6) is 0.273. The molecule has 0 bridgehead atoms. The summed E-state index contributed by atoms with van der Waals surface area (Å²) >= 11 is 0. The number of sulfonamides is 1. The lowest BCUT2D eigenvalue weighted by molar-refractivity contribution is 0.396. The quantitative estimate of drug-likeness (QED) is 0.777. The van der Waals surface area contributed by atoms with Gasteiger partial charge in [0, 0.05) is 6.07 Å². The average molecular weight is 216 g/mol. The third-order valence-corrected chi connectivity index (χ3v) is 2.94. The van der Waals surface area contributed by atoms with E-state index in [0.29, 0.717) is 11.6 Å². The van der Waals surface area contributed by atoms with Crippen LogP contribution in [0.5, 0.6) is 5.88 Å². The van der Waals surface area contributed by atoms with Crippen LogP contribution in [0.2, 0.25) is 0 Å². The highest BCUT2D eigenvalue weighted by Gasteiger charge is 2.09. The minimum atomic E-state index is -3.27. The van der Waals surface area contributed by atoms with Gasteiger partial charge in [-0.1, -0.05) is 6.07 Å². The second kappa shape index (κ2) is 4.39. The Bertz CT molecular complexity index is 403. The standard InChI is InChI=1S/C8H12N2O3S/c1-9-14(11,12)6-7-4-3-5-8(10-7)13-2/h3-5,9H,6H2,1-2H3. The molecule has 1 heterocycles. The fourth-order valence-electron chi connectivity index (χ4n) is 0.919. The zero-order valence-electron chi connectivity index (χ0n) is 8.02. The van der Waals surface area contributed by atoms with Crippen molar-refractivity contribution in [2.75, 3.05) is 14.2 Å². The summed E-state index contributed by atoms with van der Waals surface area (Å²) in [4.78, 5) is 3.98. The number of ether oxygens (including phenoxy) is 1. The molecule has 0 unspecified atom stereocenters. The van der Waals surface area contributed by atoms with Crippen LogP contribution in [-0.4, -0.2) is 27.6 Å². The van der Waals surface area contributed by atoms with Crippen molar-refractivity contribution >= 4 is 10.0 Å². The van der Waals surface area contributed by atoms with E-state index in [-0.39, 0.29) is 5.75 Å². The molecule has 1 aromatic rings. The summed E-state index contributed by atoms with van der Waals surface area (Å²) in [6, 6.07) is 5.00. The average Bonchev–Trinajstić information content (AvgIpc) is 2.17. The van der Waals surface area contributed by atoms with E-state index in [1.807, 2.05) is 0 Å². The molecule has 0 atom stereocenters. The smallest absolute Gasteiger partial charge is 0.217 e. The number of hydrogen-bond donors (Lipinski definition) is 1. The van der Waals surface area contributed by atoms with Gasteiger partial charge in [0.05, 0.1) is 12.8 Å². The predicted molar refractivity (Wildman–Crippen MR) is 52.5 cm³/mol. The maximum absolute atomic E-state index is 11.2. The minimum absolute atomic E-state index is 0.138. The lowest BCUT2D eigenvalue weighted by Crippen LogP contribution is -2.20. The first-order valence-corrected chi connectivity index (χ1v) is 5.64. The fraction of sp³-hybridized carbons (Fsp3) is 0.375. The molecule has 1 N–H and O–H groups in total. The van der Waals surface area contributed by atoms with Crippen LogP contribution in [0.15, 0.2) is 18.2 Å². The summed E-state index contributed by atoms with van der Waals surface area (Å²) in [6.45, 7) is 0. The molecule has 0 spiro atoms. The first-order valence-electron chi connectivity index (χ1n) is 3.98. The number of nitrogens with zero attached hydrogens (tertiary/aromatic N) is 1. The van der Waals surface area contributed by atoms with Crippen molar-refractivity contribution < 1.29 is 13.2 Å². The molecule has 14 heavy (non-hydrogen) atoms. The largest absolute Gasteiger partial charge is 0.481 e. The molecule has 5 nitrogen and oxygen atoms in total. The van der Waals surface area contributed by atoms with Crippen LogP contribution in [0, 0.1) is 0 Å². The van der Waals surface area contributed by atoms with Crippen molar-refractivity contribution in [3.8, 4) is 5.88 Å². The highest BCUT2D eigenvalue weighted by molar-refractivity contribution is 7.88. The number of rotatable bonds is 4. The molecule has 1 aromatic heterocycles. The van der Waals surface area contributed by atoms with Gasteiger partial charge in [0.1, 0.15) is 5.75 Å². The number of aromatic nitrogens is 1. The van der Waals surface area contributed by atoms with Gasteiger partial charge in [0.2, 0.25) is 15.9 Å². The molecule has 1 rings (SSSR count). The molecule has 0 aliphatic heterocycles. The van der Waals surface area contributed by atoms with Gasteiger partial charge < -0.3 is 4.74 Å². The van der Waals surface area contributed by atoms with E-state index in [4.69, 9.17) is 4.74 Å². The molecular weight excluding hydrogens is 204 g/mol. The van der Waals surface area contributed by atoms with E-state index in [9.17, 15) is 8.42 Å². The van der Waals surface area contributed by atoms with E-state index in [1.165, 1.54) is 14.2 Å². The van der Waals surface area contributed by atoms with Crippen molar-refractivity contribution in [3.05, 3.63) is 23.9 Å². The van der Waals surface area contributed by atoms with Crippen molar-refractivity contribution in [3.63, 3.8) is 0 Å². The SMILES string of the molecule is CNS(=O)(=O)Cc1cccc(OC)n1. The molecule has 0 amide bonds. The molecule has 0 saturated heterocycles. The first-order chi connectivity index (χ1) is 6.57. The number of methoxy groups -OCH3 is 1. The molecule has 0 radical (unpaired) electrons. The monoisotopic (exact) mass is 216 g/mol. The Hall–Kier alpha value is -1.14. The van der Waals surface area contributed by atoms with Crippen LogP contribution >= 0.6 is 0 Å². The summed E-state index contributed by atoms with van der Waals surface area (Å²) in [5, 5.41) is 0. The fourth-order valence-corrected chi connectivity index (χ4v) is 1.61. The van der Waals surface area contributed by atoms with Crippen molar-refractivity contribution in [1.29, 1.82) is 0 Å². The summed E-state index contributed by atoms with van der Waals surface area (Å²) in [5.41, 5.74) is 0.457. The van der Waals surface area contributed by atoms with Crippen LogP contribution in [0.3, 0.4) is 0 Å². The summed E-state index contributed by atoms with van der Waals surface area (Å²) < 4.78 is 29.4. The van der Waals surface area contributed by atoms with Gasteiger partial charge in [-0.2, -0.15) is 0 Å². The second-order valence-electron chi connectivity index (χ2n) is 2.63. The molecule has 0 saturated carbocycles. The van der Waals surface area contributed by atoms with E-state index < -0.39 is 10.0 Å². The zero-order chi connectivity index (χ0) is 10.6. The van der Waals surface area contributed by atoms with Crippen molar-refractivity contribution in [2.45, 2.75) is 5.75 Å². The Labute approximate surface area is 83.2 Å².